The number of nitro groups is 2. The average molecular weight is 569 g/mol. The van der Waals surface area contributed by atoms with Gasteiger partial charge < -0.3 is 23.7 Å². The predicted molar refractivity (Wildman–Crippen MR) is 148 cm³/mol. The average Bonchev–Trinajstić information content (AvgIpc) is 3.49. The van der Waals surface area contributed by atoms with E-state index in [0.29, 0.717) is 30.1 Å². The lowest BCUT2D eigenvalue weighted by molar-refractivity contribution is -0.394. The number of hydrogen-bond acceptors (Lipinski definition) is 9. The van der Waals surface area contributed by atoms with E-state index >= 15 is 0 Å². The molecule has 0 fully saturated rings. The molecule has 13 heteroatoms. The maximum Gasteiger partial charge on any atom is 0.277 e. The van der Waals surface area contributed by atoms with Gasteiger partial charge >= 0.3 is 0 Å². The Balaban J connectivity index is 1.88. The Morgan fingerprint density at radius 1 is 0.976 bits per heavy atom. The van der Waals surface area contributed by atoms with Gasteiger partial charge in [-0.3, -0.25) is 29.8 Å². The molecule has 3 aromatic rings. The molecule has 0 aliphatic heterocycles. The van der Waals surface area contributed by atoms with Gasteiger partial charge in [0.1, 0.15) is 12.3 Å². The third-order valence-corrected chi connectivity index (χ3v) is 6.66. The number of nitro benzene ring substituents is 2. The molecule has 1 heterocycles. The van der Waals surface area contributed by atoms with Crippen LogP contribution in [0.5, 0.6) is 11.5 Å². The topological polar surface area (TPSA) is 159 Å². The van der Waals surface area contributed by atoms with Crippen LogP contribution in [0.1, 0.15) is 41.9 Å². The number of non-ortho nitro benzene ring substituents is 2. The first-order valence-corrected chi connectivity index (χ1v) is 12.8. The number of ether oxygens (including phenoxy) is 2. The highest BCUT2D eigenvalue weighted by atomic mass is 16.6. The smallest absolute Gasteiger partial charge is 0.277 e. The number of furan rings is 1. The lowest BCUT2D eigenvalue weighted by Gasteiger charge is -2.31. The minimum absolute atomic E-state index is 0.143. The van der Waals surface area contributed by atoms with E-state index in [1.165, 1.54) is 25.4 Å². The van der Waals surface area contributed by atoms with Crippen LogP contribution in [0.2, 0.25) is 0 Å². The van der Waals surface area contributed by atoms with E-state index in [9.17, 15) is 29.8 Å². The van der Waals surface area contributed by atoms with Gasteiger partial charge in [-0.25, -0.2) is 0 Å². The summed E-state index contributed by atoms with van der Waals surface area (Å²) in [5.74, 6) is 0.548. The molecule has 0 radical (unpaired) electrons. The van der Waals surface area contributed by atoms with Crippen LogP contribution >= 0.6 is 0 Å². The van der Waals surface area contributed by atoms with E-state index in [0.717, 1.165) is 23.8 Å². The molecule has 0 saturated heterocycles. The second-order valence-corrected chi connectivity index (χ2v) is 9.28. The summed E-state index contributed by atoms with van der Waals surface area (Å²) in [6.07, 6.45) is 2.43. The molecule has 0 spiro atoms. The monoisotopic (exact) mass is 568 g/mol. The lowest BCUT2D eigenvalue weighted by atomic mass is 10.1. The zero-order chi connectivity index (χ0) is 30.1. The molecule has 0 aliphatic rings. The van der Waals surface area contributed by atoms with Crippen molar-refractivity contribution in [2.75, 3.05) is 27.3 Å². The summed E-state index contributed by atoms with van der Waals surface area (Å²) in [5.41, 5.74) is -0.541. The van der Waals surface area contributed by atoms with Crippen LogP contribution in [0.3, 0.4) is 0 Å². The van der Waals surface area contributed by atoms with Crippen molar-refractivity contribution < 1.29 is 33.3 Å². The van der Waals surface area contributed by atoms with Gasteiger partial charge in [-0.15, -0.1) is 0 Å². The second-order valence-electron chi connectivity index (χ2n) is 9.28. The minimum Gasteiger partial charge on any atom is -0.493 e. The molecule has 1 aromatic heterocycles. The van der Waals surface area contributed by atoms with Gasteiger partial charge in [-0.05, 0) is 49.6 Å². The summed E-state index contributed by atoms with van der Waals surface area (Å²) < 4.78 is 16.1. The van der Waals surface area contributed by atoms with Crippen LogP contribution in [-0.2, 0) is 17.8 Å². The molecule has 1 unspecified atom stereocenters. The summed E-state index contributed by atoms with van der Waals surface area (Å²) in [5, 5.41) is 22.7. The van der Waals surface area contributed by atoms with E-state index in [-0.39, 0.29) is 25.2 Å². The lowest BCUT2D eigenvalue weighted by Crippen LogP contribution is -2.46. The fraction of sp³-hybridized carbons (Fsp3) is 0.357. The van der Waals surface area contributed by atoms with Crippen molar-refractivity contribution >= 4 is 23.2 Å². The number of rotatable bonds is 14. The zero-order valence-electron chi connectivity index (χ0n) is 23.3. The van der Waals surface area contributed by atoms with E-state index in [1.807, 2.05) is 19.1 Å². The number of amides is 2. The minimum atomic E-state index is -0.804. The Hall–Kier alpha value is -4.94. The van der Waals surface area contributed by atoms with Crippen LogP contribution < -0.4 is 9.47 Å². The summed E-state index contributed by atoms with van der Waals surface area (Å²) >= 11 is 0. The zero-order valence-corrected chi connectivity index (χ0v) is 23.3. The van der Waals surface area contributed by atoms with Gasteiger partial charge in [0, 0.05) is 24.7 Å². The normalized spacial score (nSPS) is 11.4. The summed E-state index contributed by atoms with van der Waals surface area (Å²) in [6.45, 7) is 3.63. The van der Waals surface area contributed by atoms with Crippen LogP contribution in [-0.4, -0.2) is 64.8 Å². The van der Waals surface area contributed by atoms with E-state index in [2.05, 4.69) is 0 Å². The molecule has 2 amide bonds. The molecule has 0 bridgehead atoms. The molecule has 0 aliphatic carbocycles. The van der Waals surface area contributed by atoms with Gasteiger partial charge in [0.05, 0.1) is 48.5 Å². The number of methoxy groups -OCH3 is 2. The van der Waals surface area contributed by atoms with Crippen LogP contribution in [0.4, 0.5) is 11.4 Å². The summed E-state index contributed by atoms with van der Waals surface area (Å²) in [6, 6.07) is 11.2. The fourth-order valence-electron chi connectivity index (χ4n) is 4.17. The van der Waals surface area contributed by atoms with Crippen molar-refractivity contribution in [1.29, 1.82) is 0 Å². The van der Waals surface area contributed by atoms with E-state index in [1.54, 1.807) is 30.0 Å². The second kappa shape index (κ2) is 13.9. The quantitative estimate of drug-likeness (QED) is 0.200. The van der Waals surface area contributed by atoms with E-state index < -0.39 is 39.1 Å². The maximum absolute atomic E-state index is 13.7. The van der Waals surface area contributed by atoms with Gasteiger partial charge in [-0.1, -0.05) is 13.0 Å². The predicted octanol–water partition coefficient (Wildman–Crippen LogP) is 4.63. The van der Waals surface area contributed by atoms with Gasteiger partial charge in [0.25, 0.3) is 17.3 Å². The largest absolute Gasteiger partial charge is 0.493 e. The molecular weight excluding hydrogens is 536 g/mol. The van der Waals surface area contributed by atoms with Crippen LogP contribution in [0, 0.1) is 20.2 Å². The Kier molecular flexibility index (Phi) is 10.4. The van der Waals surface area contributed by atoms with Crippen molar-refractivity contribution in [3.05, 3.63) is 91.9 Å². The van der Waals surface area contributed by atoms with Gasteiger partial charge in [-0.2, -0.15) is 0 Å². The maximum atomic E-state index is 13.7. The highest BCUT2D eigenvalue weighted by Gasteiger charge is 2.29. The first-order chi connectivity index (χ1) is 19.6. The SMILES string of the molecule is CCC(C)N(CC(=O)N(CCc1ccc(OC)c(OC)c1)Cc1ccco1)C(=O)c1cc([N+](=O)[O-])cc([N+](=O)[O-])c1. The standard InChI is InChI=1S/C28H32N4O9/c1-5-19(2)30(28(34)21-14-22(31(35)36)16-23(15-21)32(37)38)18-27(33)29(17-24-7-6-12-41-24)11-10-20-8-9-25(39-3)26(13-20)40-4/h6-9,12-16,19H,5,10-11,17-18H2,1-4H3. The first kappa shape index (κ1) is 30.6. The third kappa shape index (κ3) is 7.81. The number of benzene rings is 2. The number of carbonyl (C=O) groups excluding carboxylic acids is 2. The van der Waals surface area contributed by atoms with Crippen LogP contribution in [0.25, 0.3) is 0 Å². The Bertz CT molecular complexity index is 1360. The molecule has 41 heavy (non-hydrogen) atoms. The van der Waals surface area contributed by atoms with Crippen molar-refractivity contribution in [2.45, 2.75) is 39.3 Å². The Labute approximate surface area is 236 Å². The van der Waals surface area contributed by atoms with Gasteiger partial charge in [0.2, 0.25) is 5.91 Å². The van der Waals surface area contributed by atoms with Crippen molar-refractivity contribution in [3.8, 4) is 11.5 Å². The summed E-state index contributed by atoms with van der Waals surface area (Å²) in [7, 11) is 3.07. The number of nitrogens with zero attached hydrogens (tertiary/aromatic N) is 4. The number of carbonyl (C=O) groups is 2. The highest BCUT2D eigenvalue weighted by Crippen LogP contribution is 2.28. The summed E-state index contributed by atoms with van der Waals surface area (Å²) in [4.78, 5) is 51.2. The van der Waals surface area contributed by atoms with Crippen molar-refractivity contribution in [1.82, 2.24) is 9.80 Å². The van der Waals surface area contributed by atoms with E-state index in [4.69, 9.17) is 13.9 Å². The Morgan fingerprint density at radius 2 is 1.63 bits per heavy atom. The molecule has 13 nitrogen and oxygen atoms in total. The van der Waals surface area contributed by atoms with Crippen molar-refractivity contribution in [3.63, 3.8) is 0 Å². The van der Waals surface area contributed by atoms with Crippen molar-refractivity contribution in [2.24, 2.45) is 0 Å². The first-order valence-electron chi connectivity index (χ1n) is 12.8. The number of hydrogen-bond donors (Lipinski definition) is 0. The van der Waals surface area contributed by atoms with Crippen LogP contribution in [0.15, 0.2) is 59.2 Å². The molecule has 3 rings (SSSR count). The highest BCUT2D eigenvalue weighted by molar-refractivity contribution is 5.98. The molecule has 1 atom stereocenters. The molecule has 218 valence electrons. The molecule has 0 saturated carbocycles. The third-order valence-electron chi connectivity index (χ3n) is 6.66. The fourth-order valence-corrected chi connectivity index (χ4v) is 4.17. The van der Waals surface area contributed by atoms with Gasteiger partial charge in [0.15, 0.2) is 11.5 Å². The Morgan fingerprint density at radius 3 is 2.17 bits per heavy atom. The molecular formula is C28H32N4O9. The molecule has 0 N–H and O–H groups in total. The molecule has 2 aromatic carbocycles.